The Morgan fingerprint density at radius 3 is 0.791 bits per heavy atom. The standard InChI is InChI=1S/3C20H9Br3O5.2Al/c3*21-12-7-11-14(8-3-1-2-4-9(8)20(26)27)10-5-6-13(24)15(22)18(10)28-19(11)16(23)17(12)25;;/h3*1-7,25H,(H,26,27);;/p-6. The molecular weight excluding hydrogens is 1730 g/mol. The second-order valence-electron chi connectivity index (χ2n) is 17.8. The first-order valence-corrected chi connectivity index (χ1v) is 30.7. The van der Waals surface area contributed by atoms with Gasteiger partial charge in [-0.1, -0.05) is 138 Å². The molecule has 0 saturated carbocycles. The van der Waals surface area contributed by atoms with Crippen LogP contribution in [-0.2, 0) is 0 Å². The third kappa shape index (κ3) is 12.0. The van der Waals surface area contributed by atoms with Crippen LogP contribution in [0.25, 0.3) is 100 Å². The maximum atomic E-state index is 12.4. The zero-order valence-electron chi connectivity index (χ0n) is 42.3. The van der Waals surface area contributed by atoms with Crippen molar-refractivity contribution in [3.8, 4) is 84.6 Å². The summed E-state index contributed by atoms with van der Waals surface area (Å²) in [5, 5.41) is 73.7. The number of carboxylic acid groups (broad SMARTS) is 3. The van der Waals surface area contributed by atoms with Gasteiger partial charge >= 0.3 is 0 Å². The Morgan fingerprint density at radius 1 is 0.326 bits per heavy atom. The van der Waals surface area contributed by atoms with Crippen LogP contribution in [0.2, 0.25) is 0 Å². The molecule has 6 radical (unpaired) electrons. The summed E-state index contributed by atoms with van der Waals surface area (Å²) in [7, 11) is 0. The highest BCUT2D eigenvalue weighted by atomic mass is 79.9. The van der Waals surface area contributed by atoms with E-state index in [0.29, 0.717) is 66.2 Å². The summed E-state index contributed by atoms with van der Waals surface area (Å²) in [6.45, 7) is 0. The average Bonchev–Trinajstić information content (AvgIpc) is 0.809. The Balaban J connectivity index is 0.000000166. The highest BCUT2D eigenvalue weighted by molar-refractivity contribution is 9.12. The summed E-state index contributed by atoms with van der Waals surface area (Å²) in [5.41, 5.74) is 3.91. The first-order chi connectivity index (χ1) is 39.9. The van der Waals surface area contributed by atoms with Crippen molar-refractivity contribution in [1.82, 2.24) is 0 Å². The molecular formula is C60H21Al2Br9O15-6. The van der Waals surface area contributed by atoms with E-state index in [4.69, 9.17) is 13.3 Å². The van der Waals surface area contributed by atoms with Gasteiger partial charge in [0, 0.05) is 114 Å². The normalized spacial score (nSPS) is 11.0. The van der Waals surface area contributed by atoms with Crippen LogP contribution in [0.5, 0.6) is 17.2 Å². The van der Waals surface area contributed by atoms with Gasteiger partial charge in [-0.05, 0) is 167 Å². The molecule has 0 amide bonds. The first kappa shape index (κ1) is 66.5. The molecule has 0 fully saturated rings. The molecule has 26 heteroatoms. The van der Waals surface area contributed by atoms with Crippen LogP contribution in [-0.4, -0.2) is 52.6 Å². The quantitative estimate of drug-likeness (QED) is 0.110. The number of carbonyl (C=O) groups excluding carboxylic acids is 3. The van der Waals surface area contributed by atoms with E-state index in [1.54, 1.807) is 91.0 Å². The van der Waals surface area contributed by atoms with Gasteiger partial charge in [0.05, 0.1) is 31.3 Å². The van der Waals surface area contributed by atoms with Crippen LogP contribution in [0.15, 0.2) is 195 Å². The molecule has 426 valence electrons. The maximum Gasteiger partial charge on any atom is 0.196 e. The molecule has 86 heavy (non-hydrogen) atoms. The Kier molecular flexibility index (Phi) is 20.7. The van der Waals surface area contributed by atoms with Gasteiger partial charge in [0.25, 0.3) is 0 Å². The Bertz CT molecular complexity index is 4430. The predicted octanol–water partition coefficient (Wildman–Crippen LogP) is 12.1. The molecule has 15 nitrogen and oxygen atoms in total. The molecule has 0 N–H and O–H groups in total. The van der Waals surface area contributed by atoms with Gasteiger partial charge in [0.1, 0.15) is 30.2 Å². The summed E-state index contributed by atoms with van der Waals surface area (Å²) in [5.74, 6) is -4.36. The average molecular weight is 1750 g/mol. The molecule has 0 unspecified atom stereocenters. The van der Waals surface area contributed by atoms with Crippen LogP contribution in [0.1, 0.15) is 31.1 Å². The fourth-order valence-electron chi connectivity index (χ4n) is 9.36. The fraction of sp³-hybridized carbons (Fsp3) is 0. The lowest BCUT2D eigenvalue weighted by Gasteiger charge is -2.21. The largest absolute Gasteiger partial charge is 0.871 e. The summed E-state index contributed by atoms with van der Waals surface area (Å²) in [6, 6.07) is 32.7. The number of aromatic carboxylic acids is 3. The third-order valence-electron chi connectivity index (χ3n) is 13.1. The molecule has 6 aliphatic rings. The first-order valence-electron chi connectivity index (χ1n) is 23.6. The second kappa shape index (κ2) is 26.7. The van der Waals surface area contributed by atoms with Crippen LogP contribution in [0.3, 0.4) is 0 Å². The van der Waals surface area contributed by atoms with Crippen molar-refractivity contribution in [2.24, 2.45) is 0 Å². The van der Waals surface area contributed by atoms with E-state index in [-0.39, 0.29) is 159 Å². The monoisotopic (exact) mass is 1750 g/mol. The van der Waals surface area contributed by atoms with Crippen molar-refractivity contribution in [3.63, 3.8) is 0 Å². The molecule has 0 atom stereocenters. The Labute approximate surface area is 580 Å². The van der Waals surface area contributed by atoms with Crippen LogP contribution < -0.4 is 46.9 Å². The molecule has 3 aliphatic heterocycles. The van der Waals surface area contributed by atoms with Gasteiger partial charge in [0.2, 0.25) is 0 Å². The highest BCUT2D eigenvalue weighted by Gasteiger charge is 2.28. The zero-order valence-corrected chi connectivity index (χ0v) is 58.9. The molecule has 0 aromatic heterocycles. The van der Waals surface area contributed by atoms with Crippen LogP contribution in [0.4, 0.5) is 0 Å². The number of rotatable bonds is 6. The lowest BCUT2D eigenvalue weighted by atomic mass is 9.91. The van der Waals surface area contributed by atoms with Crippen LogP contribution >= 0.6 is 143 Å². The molecule has 6 aromatic rings. The lowest BCUT2D eigenvalue weighted by molar-refractivity contribution is -0.271. The van der Waals surface area contributed by atoms with Crippen molar-refractivity contribution in [2.75, 3.05) is 0 Å². The minimum absolute atomic E-state index is 0. The van der Waals surface area contributed by atoms with Gasteiger partial charge in [-0.3, -0.25) is 14.4 Å². The minimum atomic E-state index is -1.34. The van der Waals surface area contributed by atoms with E-state index >= 15 is 0 Å². The molecule has 6 aromatic carbocycles. The Morgan fingerprint density at radius 2 is 0.558 bits per heavy atom. The van der Waals surface area contributed by atoms with Crippen molar-refractivity contribution >= 4 is 229 Å². The smallest absolute Gasteiger partial charge is 0.196 e. The minimum Gasteiger partial charge on any atom is -0.871 e. The number of carboxylic acids is 3. The van der Waals surface area contributed by atoms with Gasteiger partial charge in [-0.15, -0.1) is 0 Å². The SMILES string of the molecule is O=C([O-])c1ccccc1-c1c2ccc(=O)c(Br)c-2oc2c(Br)c([O-])c(Br)cc12.O=C([O-])c1ccccc1-c1c2ccc(=O)c(Br)c-2oc2c(Br)c([O-])c(Br)cc12.O=C([O-])c1ccccc1-c1c2ccc(=O)c(Br)c-2oc2c(Br)c([O-])c(Br)cc12.[Al].[Al]. The topological polar surface area (TPSA) is 280 Å². The third-order valence-corrected chi connectivity index (χ3v) is 19.2. The lowest BCUT2D eigenvalue weighted by Crippen LogP contribution is -2.23. The summed E-state index contributed by atoms with van der Waals surface area (Å²) in [6.07, 6.45) is 0. The number of hydrogen-bond donors (Lipinski definition) is 0. The van der Waals surface area contributed by atoms with Gasteiger partial charge < -0.3 is 58.3 Å². The number of carbonyl (C=O) groups is 3. The molecule has 0 bridgehead atoms. The van der Waals surface area contributed by atoms with E-state index < -0.39 is 17.9 Å². The molecule has 0 saturated heterocycles. The van der Waals surface area contributed by atoms with Gasteiger partial charge in [0.15, 0.2) is 33.6 Å². The molecule has 0 spiro atoms. The maximum absolute atomic E-state index is 12.4. The number of halogens is 9. The summed E-state index contributed by atoms with van der Waals surface area (Å²) < 4.78 is 19.6. The van der Waals surface area contributed by atoms with Crippen molar-refractivity contribution < 1.29 is 58.3 Å². The Hall–Kier alpha value is -5.42. The van der Waals surface area contributed by atoms with E-state index in [9.17, 15) is 59.4 Å². The summed E-state index contributed by atoms with van der Waals surface area (Å²) in [4.78, 5) is 71.5. The van der Waals surface area contributed by atoms with Crippen molar-refractivity contribution in [2.45, 2.75) is 0 Å². The van der Waals surface area contributed by atoms with E-state index in [0.717, 1.165) is 0 Å². The number of benzene rings is 9. The number of fused-ring (bicyclic) bond motifs is 6. The number of hydrogen-bond acceptors (Lipinski definition) is 15. The van der Waals surface area contributed by atoms with Crippen molar-refractivity contribution in [3.05, 3.63) is 215 Å². The second-order valence-corrected chi connectivity index (χ2v) is 25.1. The van der Waals surface area contributed by atoms with Crippen LogP contribution in [0, 0.1) is 0 Å². The zero-order chi connectivity index (χ0) is 60.5. The predicted molar refractivity (Wildman–Crippen MR) is 346 cm³/mol. The fourth-order valence-corrected chi connectivity index (χ4v) is 14.2. The van der Waals surface area contributed by atoms with Gasteiger partial charge in [-0.2, -0.15) is 0 Å². The van der Waals surface area contributed by atoms with Crippen molar-refractivity contribution in [1.29, 1.82) is 0 Å². The molecule has 3 heterocycles. The van der Waals surface area contributed by atoms with E-state index in [1.165, 1.54) is 36.4 Å². The summed E-state index contributed by atoms with van der Waals surface area (Å²) >= 11 is 29.2. The van der Waals surface area contributed by atoms with E-state index in [1.807, 2.05) is 0 Å². The van der Waals surface area contributed by atoms with E-state index in [2.05, 4.69) is 143 Å². The molecule has 12 rings (SSSR count). The van der Waals surface area contributed by atoms with Gasteiger partial charge in [-0.25, -0.2) is 0 Å². The highest BCUT2D eigenvalue weighted by Crippen LogP contribution is 2.51. The molecule has 3 aliphatic carbocycles.